The van der Waals surface area contributed by atoms with Gasteiger partial charge in [0.05, 0.1) is 16.4 Å². The smallest absolute Gasteiger partial charge is 0.0863 e. The van der Waals surface area contributed by atoms with E-state index in [2.05, 4.69) is 23.6 Å². The van der Waals surface area contributed by atoms with Crippen molar-refractivity contribution in [3.63, 3.8) is 0 Å². The van der Waals surface area contributed by atoms with E-state index in [1.807, 2.05) is 23.5 Å². The van der Waals surface area contributed by atoms with E-state index in [9.17, 15) is 0 Å². The molecule has 114 valence electrons. The first-order valence-corrected chi connectivity index (χ1v) is 9.18. The maximum Gasteiger partial charge on any atom is 0.0863 e. The fraction of sp³-hybridized carbons (Fsp3) is 0.800. The van der Waals surface area contributed by atoms with Gasteiger partial charge in [0.2, 0.25) is 0 Å². The van der Waals surface area contributed by atoms with Gasteiger partial charge in [0.25, 0.3) is 0 Å². The predicted octanol–water partition coefficient (Wildman–Crippen LogP) is 3.79. The molecule has 0 spiro atoms. The third-order valence-electron chi connectivity index (χ3n) is 4.44. The number of rotatable bonds is 6. The molecule has 1 N–H and O–H groups in total. The number of halogens is 1. The summed E-state index contributed by atoms with van der Waals surface area (Å²) < 4.78 is 2.34. The zero-order valence-electron chi connectivity index (χ0n) is 12.8. The molecule has 2 rings (SSSR count). The number of nitrogens with one attached hydrogen (secondary N) is 1. The lowest BCUT2D eigenvalue weighted by molar-refractivity contribution is 0.378. The van der Waals surface area contributed by atoms with Crippen LogP contribution in [0.25, 0.3) is 0 Å². The molecule has 1 saturated carbocycles. The first-order chi connectivity index (χ1) is 9.62. The summed E-state index contributed by atoms with van der Waals surface area (Å²) in [6.45, 7) is 3.97. The van der Waals surface area contributed by atoms with Crippen molar-refractivity contribution in [3.05, 3.63) is 16.4 Å². The molecule has 0 radical (unpaired) electrons. The zero-order valence-corrected chi connectivity index (χ0v) is 14.4. The van der Waals surface area contributed by atoms with E-state index >= 15 is 0 Å². The Bertz CT molecular complexity index is 439. The molecule has 0 aliphatic heterocycles. The molecule has 1 aromatic heterocycles. The predicted molar refractivity (Wildman–Crippen MR) is 88.6 cm³/mol. The fourth-order valence-electron chi connectivity index (χ4n) is 3.07. The largest absolute Gasteiger partial charge is 0.310 e. The molecule has 1 heterocycles. The van der Waals surface area contributed by atoms with Gasteiger partial charge >= 0.3 is 0 Å². The monoisotopic (exact) mass is 315 g/mol. The summed E-state index contributed by atoms with van der Waals surface area (Å²) in [5, 5.41) is 8.92. The molecule has 5 heteroatoms. The van der Waals surface area contributed by atoms with E-state index in [1.165, 1.54) is 32.1 Å². The van der Waals surface area contributed by atoms with Crippen molar-refractivity contribution < 1.29 is 0 Å². The van der Waals surface area contributed by atoms with Crippen LogP contribution in [0.5, 0.6) is 0 Å². The summed E-state index contributed by atoms with van der Waals surface area (Å²) in [7, 11) is 1.98. The summed E-state index contributed by atoms with van der Waals surface area (Å²) >= 11 is 8.42. The average molecular weight is 316 g/mol. The third kappa shape index (κ3) is 3.52. The molecular weight excluding hydrogens is 290 g/mol. The van der Waals surface area contributed by atoms with Crippen LogP contribution in [0.3, 0.4) is 0 Å². The van der Waals surface area contributed by atoms with E-state index in [1.54, 1.807) is 0 Å². The SMILES string of the molecule is CCc1nn(C)c(CNCC2(SC)CCCCC2)c1Cl. The van der Waals surface area contributed by atoms with E-state index in [4.69, 9.17) is 11.6 Å². The topological polar surface area (TPSA) is 29.9 Å². The van der Waals surface area contributed by atoms with Crippen molar-refractivity contribution in [2.75, 3.05) is 12.8 Å². The minimum Gasteiger partial charge on any atom is -0.310 e. The van der Waals surface area contributed by atoms with Crippen LogP contribution in [0, 0.1) is 0 Å². The number of thioether (sulfide) groups is 1. The summed E-state index contributed by atoms with van der Waals surface area (Å²) in [5.74, 6) is 0. The van der Waals surface area contributed by atoms with Gasteiger partial charge in [-0.3, -0.25) is 4.68 Å². The molecule has 1 aromatic rings. The lowest BCUT2D eigenvalue weighted by atomic mass is 9.88. The van der Waals surface area contributed by atoms with Crippen LogP contribution >= 0.6 is 23.4 Å². The Labute approximate surface area is 131 Å². The Morgan fingerprint density at radius 1 is 1.35 bits per heavy atom. The van der Waals surface area contributed by atoms with Crippen molar-refractivity contribution in [3.8, 4) is 0 Å². The van der Waals surface area contributed by atoms with Gasteiger partial charge in [0.15, 0.2) is 0 Å². The molecule has 0 amide bonds. The summed E-state index contributed by atoms with van der Waals surface area (Å²) in [6, 6.07) is 0. The van der Waals surface area contributed by atoms with Gasteiger partial charge in [-0.25, -0.2) is 0 Å². The normalized spacial score (nSPS) is 18.4. The molecule has 0 atom stereocenters. The van der Waals surface area contributed by atoms with Crippen LogP contribution < -0.4 is 5.32 Å². The first kappa shape index (κ1) is 16.2. The second kappa shape index (κ2) is 7.19. The minimum absolute atomic E-state index is 0.427. The van der Waals surface area contributed by atoms with Crippen molar-refractivity contribution in [2.24, 2.45) is 7.05 Å². The van der Waals surface area contributed by atoms with Crippen LogP contribution in [0.1, 0.15) is 50.4 Å². The van der Waals surface area contributed by atoms with Gasteiger partial charge in [-0.05, 0) is 25.5 Å². The summed E-state index contributed by atoms with van der Waals surface area (Å²) in [6.07, 6.45) is 9.95. The van der Waals surface area contributed by atoms with Gasteiger partial charge in [-0.2, -0.15) is 16.9 Å². The van der Waals surface area contributed by atoms with Crippen LogP contribution in [0.4, 0.5) is 0 Å². The van der Waals surface area contributed by atoms with E-state index in [0.717, 1.165) is 35.9 Å². The number of aromatic nitrogens is 2. The van der Waals surface area contributed by atoms with E-state index in [-0.39, 0.29) is 0 Å². The quantitative estimate of drug-likeness (QED) is 0.866. The van der Waals surface area contributed by atoms with Crippen LogP contribution in [-0.4, -0.2) is 27.3 Å². The molecule has 20 heavy (non-hydrogen) atoms. The third-order valence-corrected chi connectivity index (χ3v) is 6.30. The van der Waals surface area contributed by atoms with Gasteiger partial charge in [0, 0.05) is 24.9 Å². The number of aryl methyl sites for hydroxylation is 2. The Hall–Kier alpha value is -0.190. The van der Waals surface area contributed by atoms with Gasteiger partial charge in [-0.15, -0.1) is 0 Å². The molecule has 1 fully saturated rings. The molecule has 0 bridgehead atoms. The fourth-order valence-corrected chi connectivity index (χ4v) is 4.37. The maximum absolute atomic E-state index is 6.39. The molecule has 0 aromatic carbocycles. The Balaban J connectivity index is 1.93. The van der Waals surface area contributed by atoms with Crippen LogP contribution in [0.2, 0.25) is 5.02 Å². The first-order valence-electron chi connectivity index (χ1n) is 7.58. The molecule has 3 nitrogen and oxygen atoms in total. The average Bonchev–Trinajstić information content (AvgIpc) is 2.75. The van der Waals surface area contributed by atoms with E-state index < -0.39 is 0 Å². The summed E-state index contributed by atoms with van der Waals surface area (Å²) in [4.78, 5) is 0. The maximum atomic E-state index is 6.39. The Morgan fingerprint density at radius 3 is 2.60 bits per heavy atom. The Morgan fingerprint density at radius 2 is 2.05 bits per heavy atom. The zero-order chi connectivity index (χ0) is 14.6. The second-order valence-corrected chi connectivity index (χ2v) is 7.39. The van der Waals surface area contributed by atoms with Gasteiger partial charge < -0.3 is 5.32 Å². The van der Waals surface area contributed by atoms with E-state index in [0.29, 0.717) is 4.75 Å². The van der Waals surface area contributed by atoms with Gasteiger partial charge in [0.1, 0.15) is 0 Å². The lowest BCUT2D eigenvalue weighted by Crippen LogP contribution is -2.39. The number of hydrogen-bond donors (Lipinski definition) is 1. The molecule has 0 saturated heterocycles. The molecule has 1 aliphatic carbocycles. The minimum atomic E-state index is 0.427. The molecule has 0 unspecified atom stereocenters. The van der Waals surface area contributed by atoms with Gasteiger partial charge in [-0.1, -0.05) is 37.8 Å². The highest BCUT2D eigenvalue weighted by molar-refractivity contribution is 8.00. The van der Waals surface area contributed by atoms with Crippen molar-refractivity contribution in [1.29, 1.82) is 0 Å². The van der Waals surface area contributed by atoms with Crippen LogP contribution in [0.15, 0.2) is 0 Å². The molecule has 1 aliphatic rings. The van der Waals surface area contributed by atoms with Crippen molar-refractivity contribution >= 4 is 23.4 Å². The highest BCUT2D eigenvalue weighted by atomic mass is 35.5. The second-order valence-electron chi connectivity index (χ2n) is 5.74. The van der Waals surface area contributed by atoms with Crippen molar-refractivity contribution in [2.45, 2.75) is 56.7 Å². The van der Waals surface area contributed by atoms with Crippen molar-refractivity contribution in [1.82, 2.24) is 15.1 Å². The number of nitrogens with zero attached hydrogens (tertiary/aromatic N) is 2. The standard InChI is InChI=1S/C15H26ClN3S/c1-4-12-14(16)13(19(2)18-12)10-17-11-15(20-3)8-6-5-7-9-15/h17H,4-11H2,1-3H3. The van der Waals surface area contributed by atoms with Crippen LogP contribution in [-0.2, 0) is 20.0 Å². The highest BCUT2D eigenvalue weighted by Crippen LogP contribution is 2.38. The summed E-state index contributed by atoms with van der Waals surface area (Å²) in [5.41, 5.74) is 2.11. The number of hydrogen-bond acceptors (Lipinski definition) is 3. The Kier molecular flexibility index (Phi) is 5.82. The lowest BCUT2D eigenvalue weighted by Gasteiger charge is -2.36. The highest BCUT2D eigenvalue weighted by Gasteiger charge is 2.30. The molecular formula is C15H26ClN3S.